The minimum absolute atomic E-state index is 0.0147. The van der Waals surface area contributed by atoms with Gasteiger partial charge in [0.15, 0.2) is 23.0 Å². The van der Waals surface area contributed by atoms with Crippen LogP contribution in [0.3, 0.4) is 0 Å². The smallest absolute Gasteiger partial charge is 0.260 e. The molecule has 414 valence electrons. The molecule has 0 bridgehead atoms. The fourth-order valence-electron chi connectivity index (χ4n) is 10.9. The Morgan fingerprint density at radius 1 is 0.641 bits per heavy atom. The van der Waals surface area contributed by atoms with E-state index in [4.69, 9.17) is 38.0 Å². The molecule has 0 saturated heterocycles. The van der Waals surface area contributed by atoms with Crippen molar-refractivity contribution in [3.05, 3.63) is 124 Å². The summed E-state index contributed by atoms with van der Waals surface area (Å²) in [6, 6.07) is 29.8. The first kappa shape index (κ1) is 55.2. The predicted molar refractivity (Wildman–Crippen MR) is 302 cm³/mol. The zero-order chi connectivity index (χ0) is 54.5. The highest BCUT2D eigenvalue weighted by Crippen LogP contribution is 2.44. The first-order chi connectivity index (χ1) is 38.1. The Kier molecular flexibility index (Phi) is 18.6. The minimum Gasteiger partial charge on any atom is -0.493 e. The molecule has 0 fully saturated rings. The van der Waals surface area contributed by atoms with E-state index in [2.05, 4.69) is 49.4 Å². The largest absolute Gasteiger partial charge is 0.493 e. The quantitative estimate of drug-likeness (QED) is 0.0309. The second-order valence-electron chi connectivity index (χ2n) is 19.9. The molecule has 2 atom stereocenters. The van der Waals surface area contributed by atoms with Crippen molar-refractivity contribution in [2.75, 3.05) is 132 Å². The van der Waals surface area contributed by atoms with Crippen molar-refractivity contribution < 1.29 is 52.4 Å². The van der Waals surface area contributed by atoms with Crippen LogP contribution in [0.25, 0.3) is 0 Å². The van der Waals surface area contributed by atoms with E-state index in [-0.39, 0.29) is 43.0 Å². The number of ether oxygens (including phenoxy) is 7. The lowest BCUT2D eigenvalue weighted by molar-refractivity contribution is -0.121. The summed E-state index contributed by atoms with van der Waals surface area (Å²) in [5.41, 5.74) is 9.38. The Balaban J connectivity index is 0.991. The molecule has 0 radical (unpaired) electrons. The SMILES string of the molecule is CC=NOCCCNC(=O)CCCN(CCOCCOCCOC)c1cc(COc2cc3c(cc2OC)C(=O)N2c4ccccc4C[C@H]2CN3C)cc(COc2cc3c(cc2OC)C(=O)N2c4ccccc4C[C@H]2CN3C)c1. The zero-order valence-corrected chi connectivity index (χ0v) is 45.8. The normalized spacial score (nSPS) is 16.2. The molecule has 78 heavy (non-hydrogen) atoms. The van der Waals surface area contributed by atoms with Crippen LogP contribution in [0.4, 0.5) is 28.4 Å². The molecular weight excluding hydrogens is 995 g/mol. The third kappa shape index (κ3) is 12.7. The van der Waals surface area contributed by atoms with Crippen molar-refractivity contribution in [1.29, 1.82) is 0 Å². The van der Waals surface area contributed by atoms with Gasteiger partial charge in [-0.2, -0.15) is 0 Å². The van der Waals surface area contributed by atoms with Gasteiger partial charge < -0.3 is 67.8 Å². The van der Waals surface area contributed by atoms with Gasteiger partial charge in [0, 0.05) is 102 Å². The standard InChI is InChI=1S/C60H73N7O11/c1-7-62-78-22-13-19-61-58(68)18-12-20-65(21-23-74-26-27-75-25-24-71-4)45-29-41(39-76-56-35-52-48(33-54(56)72-5)59(69)66-46(37-63(52)2)31-43-14-8-10-16-50(43)66)28-42(30-45)40-77-57-36-53-49(34-55(57)73-6)60(70)67-47(38-64(53)3)32-44-15-9-11-17-51(44)67/h7-11,14-17,28-30,33-36,46-47H,12-13,18-27,31-32,37-40H2,1-6H3,(H,61,68)/t46-,47-/m0/s1. The molecule has 0 spiro atoms. The third-order valence-electron chi connectivity index (χ3n) is 14.6. The fraction of sp³-hybridized carbons (Fsp3) is 0.433. The topological polar surface area (TPSA) is 166 Å². The number of likely N-dealkylation sites (N-methyl/N-ethyl adjacent to an activating group) is 2. The van der Waals surface area contributed by atoms with Crippen molar-refractivity contribution >= 4 is 52.4 Å². The number of amides is 3. The summed E-state index contributed by atoms with van der Waals surface area (Å²) in [6.07, 6.45) is 4.66. The molecule has 18 heteroatoms. The second-order valence-corrected chi connectivity index (χ2v) is 19.9. The maximum Gasteiger partial charge on any atom is 0.260 e. The van der Waals surface area contributed by atoms with Gasteiger partial charge in [0.1, 0.15) is 19.8 Å². The summed E-state index contributed by atoms with van der Waals surface area (Å²) in [7, 11) is 8.83. The van der Waals surface area contributed by atoms with Crippen LogP contribution >= 0.6 is 0 Å². The van der Waals surface area contributed by atoms with E-state index < -0.39 is 0 Å². The summed E-state index contributed by atoms with van der Waals surface area (Å²) in [6.45, 7) is 7.54. The van der Waals surface area contributed by atoms with Crippen LogP contribution in [-0.4, -0.2) is 144 Å². The number of nitrogens with one attached hydrogen (secondary N) is 1. The number of benzene rings is 5. The predicted octanol–water partition coefficient (Wildman–Crippen LogP) is 7.70. The van der Waals surface area contributed by atoms with Crippen molar-refractivity contribution in [3.63, 3.8) is 0 Å². The zero-order valence-electron chi connectivity index (χ0n) is 45.8. The van der Waals surface area contributed by atoms with Gasteiger partial charge in [-0.25, -0.2) is 0 Å². The van der Waals surface area contributed by atoms with Crippen molar-refractivity contribution in [1.82, 2.24) is 5.32 Å². The third-order valence-corrected chi connectivity index (χ3v) is 14.6. The first-order valence-electron chi connectivity index (χ1n) is 26.9. The molecule has 0 aliphatic carbocycles. The molecule has 18 nitrogen and oxygen atoms in total. The molecule has 5 aromatic carbocycles. The minimum atomic E-state index is -0.0747. The Labute approximate surface area is 457 Å². The van der Waals surface area contributed by atoms with Crippen LogP contribution < -0.4 is 48.8 Å². The van der Waals surface area contributed by atoms with Gasteiger partial charge in [0.2, 0.25) is 5.91 Å². The van der Waals surface area contributed by atoms with Gasteiger partial charge in [-0.3, -0.25) is 14.4 Å². The Morgan fingerprint density at radius 3 is 1.72 bits per heavy atom. The summed E-state index contributed by atoms with van der Waals surface area (Å²) in [4.78, 5) is 57.3. The highest BCUT2D eigenvalue weighted by atomic mass is 16.6. The lowest BCUT2D eigenvalue weighted by atomic mass is 10.1. The molecule has 5 aromatic rings. The Morgan fingerprint density at radius 2 is 1.18 bits per heavy atom. The Hall–Kier alpha value is -7.54. The van der Waals surface area contributed by atoms with E-state index in [9.17, 15) is 14.4 Å². The number of rotatable bonds is 27. The average molecular weight is 1070 g/mol. The molecule has 4 aliphatic rings. The molecule has 4 aliphatic heterocycles. The van der Waals surface area contributed by atoms with E-state index in [1.165, 1.54) is 0 Å². The number of hydrogen-bond donors (Lipinski definition) is 1. The van der Waals surface area contributed by atoms with E-state index >= 15 is 0 Å². The van der Waals surface area contributed by atoms with E-state index in [0.29, 0.717) is 126 Å². The van der Waals surface area contributed by atoms with Crippen LogP contribution in [0.15, 0.2) is 96.2 Å². The van der Waals surface area contributed by atoms with E-state index in [1.54, 1.807) is 46.6 Å². The van der Waals surface area contributed by atoms with Crippen LogP contribution in [0.5, 0.6) is 23.0 Å². The highest BCUT2D eigenvalue weighted by Gasteiger charge is 2.41. The number of methoxy groups -OCH3 is 3. The van der Waals surface area contributed by atoms with Gasteiger partial charge in [0.05, 0.1) is 81.8 Å². The molecule has 0 unspecified atom stereocenters. The number of para-hydroxylation sites is 2. The monoisotopic (exact) mass is 1070 g/mol. The summed E-state index contributed by atoms with van der Waals surface area (Å²) < 4.78 is 42.2. The van der Waals surface area contributed by atoms with E-state index in [0.717, 1.165) is 63.5 Å². The first-order valence-corrected chi connectivity index (χ1v) is 26.9. The van der Waals surface area contributed by atoms with Crippen LogP contribution in [-0.2, 0) is 49.9 Å². The average Bonchev–Trinajstić information content (AvgIpc) is 4.21. The van der Waals surface area contributed by atoms with Crippen molar-refractivity contribution in [2.24, 2.45) is 5.16 Å². The molecule has 4 heterocycles. The number of oxime groups is 1. The number of hydrogen-bond acceptors (Lipinski definition) is 15. The summed E-state index contributed by atoms with van der Waals surface area (Å²) in [5, 5.41) is 6.78. The number of carbonyl (C=O) groups is 3. The molecular formula is C60H73N7O11. The van der Waals surface area contributed by atoms with Gasteiger partial charge in [-0.1, -0.05) is 41.6 Å². The van der Waals surface area contributed by atoms with Crippen LogP contribution in [0.2, 0.25) is 0 Å². The van der Waals surface area contributed by atoms with Gasteiger partial charge in [-0.05, 0) is 90.9 Å². The lowest BCUT2D eigenvalue weighted by Crippen LogP contribution is -2.41. The number of carbonyl (C=O) groups excluding carboxylic acids is 3. The van der Waals surface area contributed by atoms with Gasteiger partial charge in [-0.15, -0.1) is 0 Å². The molecule has 0 aromatic heterocycles. The summed E-state index contributed by atoms with van der Waals surface area (Å²) in [5.74, 6) is 1.67. The number of nitrogens with zero attached hydrogens (tertiary/aromatic N) is 6. The highest BCUT2D eigenvalue weighted by molar-refractivity contribution is 6.13. The Bertz CT molecular complexity index is 2780. The maximum absolute atomic E-state index is 14.4. The van der Waals surface area contributed by atoms with Gasteiger partial charge in [0.25, 0.3) is 11.8 Å². The van der Waals surface area contributed by atoms with Crippen LogP contribution in [0.1, 0.15) is 69.2 Å². The van der Waals surface area contributed by atoms with Crippen molar-refractivity contribution in [2.45, 2.75) is 64.3 Å². The maximum atomic E-state index is 14.4. The molecule has 1 N–H and O–H groups in total. The van der Waals surface area contributed by atoms with Crippen molar-refractivity contribution in [3.8, 4) is 23.0 Å². The fourth-order valence-corrected chi connectivity index (χ4v) is 10.9. The van der Waals surface area contributed by atoms with Crippen LogP contribution in [0, 0.1) is 0 Å². The second kappa shape index (κ2) is 26.2. The molecule has 3 amide bonds. The molecule has 0 saturated carbocycles. The number of fused-ring (bicyclic) bond motifs is 8. The van der Waals surface area contributed by atoms with Gasteiger partial charge >= 0.3 is 0 Å². The number of anilines is 5. The summed E-state index contributed by atoms with van der Waals surface area (Å²) >= 11 is 0. The molecule has 9 rings (SSSR count). The van der Waals surface area contributed by atoms with E-state index in [1.807, 2.05) is 78.5 Å². The lowest BCUT2D eigenvalue weighted by Gasteiger charge is -2.27.